The van der Waals surface area contributed by atoms with Crippen molar-refractivity contribution in [1.29, 1.82) is 0 Å². The van der Waals surface area contributed by atoms with Gasteiger partial charge in [-0.1, -0.05) is 31.4 Å². The van der Waals surface area contributed by atoms with Gasteiger partial charge >= 0.3 is 5.97 Å². The topological polar surface area (TPSA) is 95.5 Å². The normalized spacial score (nSPS) is 15.7. The largest absolute Gasteiger partial charge is 0.481 e. The summed E-state index contributed by atoms with van der Waals surface area (Å²) in [6.07, 6.45) is 6.03. The fourth-order valence-corrected chi connectivity index (χ4v) is 4.12. The van der Waals surface area contributed by atoms with Crippen molar-refractivity contribution < 1.29 is 19.5 Å². The predicted octanol–water partition coefficient (Wildman–Crippen LogP) is 3.07. The van der Waals surface area contributed by atoms with Crippen molar-refractivity contribution in [3.8, 4) is 0 Å². The van der Waals surface area contributed by atoms with Crippen LogP contribution in [0.2, 0.25) is 0 Å². The van der Waals surface area contributed by atoms with Crippen LogP contribution in [0, 0.1) is 5.92 Å². The van der Waals surface area contributed by atoms with Crippen LogP contribution in [-0.4, -0.2) is 41.2 Å². The predicted molar refractivity (Wildman–Crippen MR) is 106 cm³/mol. The summed E-state index contributed by atoms with van der Waals surface area (Å²) in [6.45, 7) is 2.38. The molecule has 2 amide bonds. The summed E-state index contributed by atoms with van der Waals surface area (Å²) in [7, 11) is 0. The van der Waals surface area contributed by atoms with Crippen molar-refractivity contribution in [3.63, 3.8) is 0 Å². The van der Waals surface area contributed by atoms with Crippen molar-refractivity contribution in [2.75, 3.05) is 12.3 Å². The van der Waals surface area contributed by atoms with Crippen LogP contribution >= 0.6 is 11.8 Å². The summed E-state index contributed by atoms with van der Waals surface area (Å²) >= 11 is 1.32. The first kappa shape index (κ1) is 21.3. The second-order valence-corrected chi connectivity index (χ2v) is 8.08. The van der Waals surface area contributed by atoms with Crippen LogP contribution in [0.1, 0.15) is 55.8 Å². The third-order valence-electron chi connectivity index (χ3n) is 4.66. The summed E-state index contributed by atoms with van der Waals surface area (Å²) in [4.78, 5) is 36.0. The monoisotopic (exact) mass is 392 g/mol. The Bertz CT molecular complexity index is 659. The summed E-state index contributed by atoms with van der Waals surface area (Å²) in [5, 5.41) is 14.5. The molecule has 1 aliphatic carbocycles. The highest BCUT2D eigenvalue weighted by atomic mass is 32.2. The lowest BCUT2D eigenvalue weighted by Crippen LogP contribution is -2.34. The molecule has 1 aromatic rings. The van der Waals surface area contributed by atoms with Crippen LogP contribution in [0.5, 0.6) is 0 Å². The molecular weight excluding hydrogens is 364 g/mol. The van der Waals surface area contributed by atoms with E-state index in [2.05, 4.69) is 10.6 Å². The average molecular weight is 393 g/mol. The maximum absolute atomic E-state index is 12.4. The molecule has 2 rings (SSSR count). The van der Waals surface area contributed by atoms with E-state index in [1.807, 2.05) is 6.07 Å². The summed E-state index contributed by atoms with van der Waals surface area (Å²) in [6, 6.07) is 6.59. The SMILES string of the molecule is CC(CC(=O)O)NC(=O)c1ccccc1SCC(=O)NCC1CCCCC1. The van der Waals surface area contributed by atoms with E-state index in [1.165, 1.54) is 43.9 Å². The van der Waals surface area contributed by atoms with E-state index in [4.69, 9.17) is 5.11 Å². The van der Waals surface area contributed by atoms with Crippen LogP contribution in [0.3, 0.4) is 0 Å². The van der Waals surface area contributed by atoms with Crippen molar-refractivity contribution in [1.82, 2.24) is 10.6 Å². The second kappa shape index (κ2) is 11.0. The van der Waals surface area contributed by atoms with Crippen molar-refractivity contribution in [3.05, 3.63) is 29.8 Å². The number of hydrogen-bond donors (Lipinski definition) is 3. The standard InChI is InChI=1S/C20H28N2O4S/c1-14(11-19(24)25)22-20(26)16-9-5-6-10-17(16)27-13-18(23)21-12-15-7-3-2-4-8-15/h5-6,9-10,14-15H,2-4,7-8,11-13H2,1H3,(H,21,23)(H,22,26)(H,24,25). The third kappa shape index (κ3) is 7.62. The minimum atomic E-state index is -0.958. The van der Waals surface area contributed by atoms with E-state index in [-0.39, 0.29) is 24.0 Å². The number of nitrogens with one attached hydrogen (secondary N) is 2. The highest BCUT2D eigenvalue weighted by Gasteiger charge is 2.17. The molecule has 1 aliphatic rings. The van der Waals surface area contributed by atoms with E-state index in [9.17, 15) is 14.4 Å². The van der Waals surface area contributed by atoms with Gasteiger partial charge in [-0.2, -0.15) is 0 Å². The molecule has 1 fully saturated rings. The van der Waals surface area contributed by atoms with Gasteiger partial charge in [-0.25, -0.2) is 0 Å². The number of carbonyl (C=O) groups is 3. The molecule has 0 bridgehead atoms. The van der Waals surface area contributed by atoms with E-state index in [1.54, 1.807) is 25.1 Å². The van der Waals surface area contributed by atoms with E-state index in [0.29, 0.717) is 16.4 Å². The van der Waals surface area contributed by atoms with E-state index < -0.39 is 12.0 Å². The summed E-state index contributed by atoms with van der Waals surface area (Å²) in [5.74, 6) is -0.474. The zero-order valence-electron chi connectivity index (χ0n) is 15.7. The molecule has 1 aromatic carbocycles. The van der Waals surface area contributed by atoms with Gasteiger partial charge in [-0.05, 0) is 37.8 Å². The molecule has 0 saturated heterocycles. The molecule has 7 heteroatoms. The molecular formula is C20H28N2O4S. The lowest BCUT2D eigenvalue weighted by atomic mass is 9.89. The Morgan fingerprint density at radius 3 is 2.59 bits per heavy atom. The van der Waals surface area contributed by atoms with Gasteiger partial charge in [-0.15, -0.1) is 11.8 Å². The number of carbonyl (C=O) groups excluding carboxylic acids is 2. The second-order valence-electron chi connectivity index (χ2n) is 7.07. The fourth-order valence-electron chi connectivity index (χ4n) is 3.24. The van der Waals surface area contributed by atoms with Gasteiger partial charge in [0.15, 0.2) is 0 Å². The quantitative estimate of drug-likeness (QED) is 0.561. The number of carboxylic acid groups (broad SMARTS) is 1. The maximum Gasteiger partial charge on any atom is 0.305 e. The van der Waals surface area contributed by atoms with Gasteiger partial charge < -0.3 is 15.7 Å². The summed E-state index contributed by atoms with van der Waals surface area (Å²) < 4.78 is 0. The van der Waals surface area contributed by atoms with E-state index in [0.717, 1.165) is 6.54 Å². The molecule has 6 nitrogen and oxygen atoms in total. The Morgan fingerprint density at radius 1 is 1.19 bits per heavy atom. The maximum atomic E-state index is 12.4. The first-order valence-electron chi connectivity index (χ1n) is 9.47. The number of amides is 2. The lowest BCUT2D eigenvalue weighted by Gasteiger charge is -2.21. The Hall–Kier alpha value is -2.02. The number of aliphatic carboxylic acids is 1. The smallest absolute Gasteiger partial charge is 0.305 e. The van der Waals surface area contributed by atoms with Gasteiger partial charge in [-0.3, -0.25) is 14.4 Å². The highest BCUT2D eigenvalue weighted by Crippen LogP contribution is 2.24. The zero-order valence-corrected chi connectivity index (χ0v) is 16.5. The van der Waals surface area contributed by atoms with Crippen LogP contribution < -0.4 is 10.6 Å². The minimum Gasteiger partial charge on any atom is -0.481 e. The van der Waals surface area contributed by atoms with Crippen LogP contribution in [0.15, 0.2) is 29.2 Å². The van der Waals surface area contributed by atoms with Crippen LogP contribution in [-0.2, 0) is 9.59 Å². The molecule has 0 aliphatic heterocycles. The van der Waals surface area contributed by atoms with E-state index >= 15 is 0 Å². The number of rotatable bonds is 9. The van der Waals surface area contributed by atoms with Crippen LogP contribution in [0.4, 0.5) is 0 Å². The molecule has 1 atom stereocenters. The molecule has 148 valence electrons. The lowest BCUT2D eigenvalue weighted by molar-refractivity contribution is -0.137. The summed E-state index contributed by atoms with van der Waals surface area (Å²) in [5.41, 5.74) is 0.458. The zero-order chi connectivity index (χ0) is 19.6. The number of thioether (sulfide) groups is 1. The van der Waals surface area contributed by atoms with Gasteiger partial charge in [0.1, 0.15) is 0 Å². The van der Waals surface area contributed by atoms with Gasteiger partial charge in [0.2, 0.25) is 5.91 Å². The molecule has 27 heavy (non-hydrogen) atoms. The number of benzene rings is 1. The first-order chi connectivity index (χ1) is 13.0. The Kier molecular flexibility index (Phi) is 8.64. The molecule has 1 saturated carbocycles. The molecule has 0 heterocycles. The third-order valence-corrected chi connectivity index (χ3v) is 5.73. The number of carboxylic acids is 1. The first-order valence-corrected chi connectivity index (χ1v) is 10.5. The highest BCUT2D eigenvalue weighted by molar-refractivity contribution is 8.00. The van der Waals surface area contributed by atoms with Crippen molar-refractivity contribution >= 4 is 29.5 Å². The fraction of sp³-hybridized carbons (Fsp3) is 0.550. The molecule has 0 radical (unpaired) electrons. The Balaban J connectivity index is 1.84. The molecule has 0 spiro atoms. The average Bonchev–Trinajstić information content (AvgIpc) is 2.65. The molecule has 3 N–H and O–H groups in total. The van der Waals surface area contributed by atoms with Gasteiger partial charge in [0, 0.05) is 17.5 Å². The van der Waals surface area contributed by atoms with Gasteiger partial charge in [0.05, 0.1) is 17.7 Å². The number of hydrogen-bond acceptors (Lipinski definition) is 4. The van der Waals surface area contributed by atoms with Crippen molar-refractivity contribution in [2.24, 2.45) is 5.92 Å². The van der Waals surface area contributed by atoms with Crippen molar-refractivity contribution in [2.45, 2.75) is 56.4 Å². The molecule has 0 aromatic heterocycles. The van der Waals surface area contributed by atoms with Gasteiger partial charge in [0.25, 0.3) is 5.91 Å². The Morgan fingerprint density at radius 2 is 1.89 bits per heavy atom. The van der Waals surface area contributed by atoms with Crippen LogP contribution in [0.25, 0.3) is 0 Å². The Labute approximate surface area is 164 Å². The molecule has 1 unspecified atom stereocenters. The minimum absolute atomic E-state index is 0.0278.